The summed E-state index contributed by atoms with van der Waals surface area (Å²) < 4.78 is 10.5. The molecule has 2 aliphatic heterocycles. The van der Waals surface area contributed by atoms with E-state index in [1.165, 1.54) is 25.7 Å². The van der Waals surface area contributed by atoms with Crippen molar-refractivity contribution in [1.29, 1.82) is 0 Å². The lowest BCUT2D eigenvalue weighted by Gasteiger charge is -2.27. The largest absolute Gasteiger partial charge is 0.481 e. The normalized spacial score (nSPS) is 25.9. The SMILES string of the molecule is COc1ccc(-c2noc(CC3CC4CCC(C3)N4)n2)cn1.Cl. The number of nitrogens with one attached hydrogen (secondary N) is 1. The Kier molecular flexibility index (Phi) is 4.82. The maximum atomic E-state index is 5.43. The highest BCUT2D eigenvalue weighted by atomic mass is 35.5. The number of hydrogen-bond donors (Lipinski definition) is 1. The van der Waals surface area contributed by atoms with Gasteiger partial charge in [-0.25, -0.2) is 4.98 Å². The van der Waals surface area contributed by atoms with Crippen LogP contribution in [0, 0.1) is 5.92 Å². The number of rotatable bonds is 4. The first kappa shape index (κ1) is 16.2. The molecule has 0 amide bonds. The predicted octanol–water partition coefficient (Wildman–Crippen LogP) is 2.64. The number of fused-ring (bicyclic) bond motifs is 2. The number of pyridine rings is 1. The van der Waals surface area contributed by atoms with Gasteiger partial charge in [-0.3, -0.25) is 0 Å². The summed E-state index contributed by atoms with van der Waals surface area (Å²) in [5.74, 6) is 2.57. The molecule has 4 heterocycles. The monoisotopic (exact) mass is 336 g/mol. The molecule has 1 N–H and O–H groups in total. The van der Waals surface area contributed by atoms with Gasteiger partial charge in [0.15, 0.2) is 0 Å². The zero-order valence-corrected chi connectivity index (χ0v) is 13.9. The second-order valence-electron chi connectivity index (χ2n) is 6.28. The first-order valence-electron chi connectivity index (χ1n) is 7.89. The second kappa shape index (κ2) is 6.84. The zero-order valence-electron chi connectivity index (χ0n) is 13.1. The summed E-state index contributed by atoms with van der Waals surface area (Å²) in [6.45, 7) is 0. The summed E-state index contributed by atoms with van der Waals surface area (Å²) >= 11 is 0. The van der Waals surface area contributed by atoms with E-state index in [1.807, 2.05) is 6.07 Å². The topological polar surface area (TPSA) is 73.1 Å². The lowest BCUT2D eigenvalue weighted by molar-refractivity contribution is 0.270. The first-order chi connectivity index (χ1) is 10.8. The van der Waals surface area contributed by atoms with Gasteiger partial charge in [-0.2, -0.15) is 4.98 Å². The van der Waals surface area contributed by atoms with E-state index in [4.69, 9.17) is 9.26 Å². The van der Waals surface area contributed by atoms with Gasteiger partial charge in [0.2, 0.25) is 17.6 Å². The van der Waals surface area contributed by atoms with Gasteiger partial charge in [0.25, 0.3) is 0 Å². The van der Waals surface area contributed by atoms with Gasteiger partial charge in [-0.05, 0) is 37.7 Å². The molecular formula is C16H21ClN4O2. The van der Waals surface area contributed by atoms with E-state index in [0.717, 1.165) is 17.9 Å². The minimum Gasteiger partial charge on any atom is -0.481 e. The van der Waals surface area contributed by atoms with Crippen molar-refractivity contribution in [2.24, 2.45) is 5.92 Å². The fourth-order valence-corrected chi connectivity index (χ4v) is 3.68. The summed E-state index contributed by atoms with van der Waals surface area (Å²) in [4.78, 5) is 8.70. The van der Waals surface area contributed by atoms with Crippen molar-refractivity contribution in [3.63, 3.8) is 0 Å². The number of nitrogens with zero attached hydrogens (tertiary/aromatic N) is 3. The summed E-state index contributed by atoms with van der Waals surface area (Å²) in [7, 11) is 1.60. The Morgan fingerprint density at radius 1 is 1.26 bits per heavy atom. The van der Waals surface area contributed by atoms with Gasteiger partial charge in [-0.1, -0.05) is 5.16 Å². The molecule has 0 aromatic carbocycles. The highest BCUT2D eigenvalue weighted by Crippen LogP contribution is 2.32. The smallest absolute Gasteiger partial charge is 0.227 e. The summed E-state index contributed by atoms with van der Waals surface area (Å²) in [5.41, 5.74) is 0.848. The fraction of sp³-hybridized carbons (Fsp3) is 0.562. The molecule has 0 aliphatic carbocycles. The summed E-state index contributed by atoms with van der Waals surface area (Å²) in [5, 5.41) is 7.74. The average molecular weight is 337 g/mol. The molecule has 2 aromatic rings. The van der Waals surface area contributed by atoms with E-state index in [9.17, 15) is 0 Å². The molecule has 4 rings (SSSR count). The van der Waals surface area contributed by atoms with Crippen LogP contribution in [0.3, 0.4) is 0 Å². The number of halogens is 1. The third-order valence-corrected chi connectivity index (χ3v) is 4.71. The molecule has 0 saturated carbocycles. The van der Waals surface area contributed by atoms with Crippen molar-refractivity contribution in [2.75, 3.05) is 7.11 Å². The first-order valence-corrected chi connectivity index (χ1v) is 7.89. The molecule has 2 aromatic heterocycles. The van der Waals surface area contributed by atoms with Gasteiger partial charge in [0, 0.05) is 36.3 Å². The maximum absolute atomic E-state index is 5.43. The molecular weight excluding hydrogens is 316 g/mol. The number of aromatic nitrogens is 3. The Bertz CT molecular complexity index is 634. The molecule has 2 saturated heterocycles. The molecule has 23 heavy (non-hydrogen) atoms. The number of ether oxygens (including phenoxy) is 1. The van der Waals surface area contributed by atoms with Crippen molar-refractivity contribution in [1.82, 2.24) is 20.4 Å². The molecule has 0 radical (unpaired) electrons. The van der Waals surface area contributed by atoms with Gasteiger partial charge in [0.1, 0.15) is 0 Å². The van der Waals surface area contributed by atoms with Crippen LogP contribution in [0.2, 0.25) is 0 Å². The minimum atomic E-state index is 0. The maximum Gasteiger partial charge on any atom is 0.227 e. The molecule has 6 nitrogen and oxygen atoms in total. The van der Waals surface area contributed by atoms with Gasteiger partial charge in [0.05, 0.1) is 7.11 Å². The number of piperidine rings is 1. The summed E-state index contributed by atoms with van der Waals surface area (Å²) in [6, 6.07) is 5.08. The van der Waals surface area contributed by atoms with Gasteiger partial charge >= 0.3 is 0 Å². The Labute approximate surface area is 141 Å². The Hall–Kier alpha value is -1.66. The van der Waals surface area contributed by atoms with Crippen LogP contribution in [0.25, 0.3) is 11.4 Å². The molecule has 124 valence electrons. The van der Waals surface area contributed by atoms with Crippen molar-refractivity contribution in [2.45, 2.75) is 44.2 Å². The van der Waals surface area contributed by atoms with Crippen LogP contribution in [0.1, 0.15) is 31.6 Å². The van der Waals surface area contributed by atoms with Crippen LogP contribution in [-0.2, 0) is 6.42 Å². The van der Waals surface area contributed by atoms with Gasteiger partial charge in [-0.15, -0.1) is 12.4 Å². The standard InChI is InChI=1S/C16H20N4O2.ClH/c1-21-14-5-2-11(9-17-14)16-19-15(22-20-16)8-10-6-12-3-4-13(7-10)18-12;/h2,5,9-10,12-13,18H,3-4,6-8H2,1H3;1H. The van der Waals surface area contributed by atoms with E-state index in [2.05, 4.69) is 20.4 Å². The molecule has 2 unspecified atom stereocenters. The van der Waals surface area contributed by atoms with Crippen LogP contribution in [0.5, 0.6) is 5.88 Å². The number of methoxy groups -OCH3 is 1. The van der Waals surface area contributed by atoms with E-state index in [0.29, 0.717) is 29.7 Å². The minimum absolute atomic E-state index is 0. The Morgan fingerprint density at radius 2 is 2.04 bits per heavy atom. The van der Waals surface area contributed by atoms with Crippen molar-refractivity contribution >= 4 is 12.4 Å². The molecule has 0 spiro atoms. The molecule has 7 heteroatoms. The van der Waals surface area contributed by atoms with Crippen molar-refractivity contribution < 1.29 is 9.26 Å². The zero-order chi connectivity index (χ0) is 14.9. The molecule has 2 atom stereocenters. The quantitative estimate of drug-likeness (QED) is 0.925. The van der Waals surface area contributed by atoms with Crippen LogP contribution < -0.4 is 10.1 Å². The average Bonchev–Trinajstić information content (AvgIpc) is 3.14. The second-order valence-corrected chi connectivity index (χ2v) is 6.28. The van der Waals surface area contributed by atoms with E-state index < -0.39 is 0 Å². The Balaban J connectivity index is 0.00000156. The fourth-order valence-electron chi connectivity index (χ4n) is 3.68. The van der Waals surface area contributed by atoms with Crippen LogP contribution in [0.15, 0.2) is 22.9 Å². The van der Waals surface area contributed by atoms with Crippen LogP contribution in [0.4, 0.5) is 0 Å². The predicted molar refractivity (Wildman–Crippen MR) is 87.7 cm³/mol. The highest BCUT2D eigenvalue weighted by Gasteiger charge is 2.34. The van der Waals surface area contributed by atoms with E-state index in [-0.39, 0.29) is 12.4 Å². The van der Waals surface area contributed by atoms with Crippen LogP contribution in [-0.4, -0.2) is 34.3 Å². The number of hydrogen-bond acceptors (Lipinski definition) is 6. The Morgan fingerprint density at radius 3 is 2.70 bits per heavy atom. The lowest BCUT2D eigenvalue weighted by Crippen LogP contribution is -2.38. The molecule has 2 bridgehead atoms. The van der Waals surface area contributed by atoms with Gasteiger partial charge < -0.3 is 14.6 Å². The van der Waals surface area contributed by atoms with Crippen molar-refractivity contribution in [3.8, 4) is 17.3 Å². The van der Waals surface area contributed by atoms with E-state index >= 15 is 0 Å². The molecule has 2 fully saturated rings. The third kappa shape index (κ3) is 3.48. The lowest BCUT2D eigenvalue weighted by atomic mass is 9.90. The molecule has 2 aliphatic rings. The third-order valence-electron chi connectivity index (χ3n) is 4.71. The van der Waals surface area contributed by atoms with Crippen molar-refractivity contribution in [3.05, 3.63) is 24.2 Å². The highest BCUT2D eigenvalue weighted by molar-refractivity contribution is 5.85. The van der Waals surface area contributed by atoms with Crippen LogP contribution >= 0.6 is 12.4 Å². The summed E-state index contributed by atoms with van der Waals surface area (Å²) in [6.07, 6.45) is 7.65. The van der Waals surface area contributed by atoms with E-state index in [1.54, 1.807) is 19.4 Å².